The zero-order chi connectivity index (χ0) is 29.2. The standard InChI is InChI=1S/C28H36Cl2N4O5S/c1-18(2)32-17-26-33(23(28(32)36)14-19-7-9-20(29)10-8-19)27(35)16-22(6-4-5-13-31)34(26)40(37,38)25-15-21(30)11-12-24(25)39-3/h7-12,15,18,22-23,26H,4-6,13-14,16-17,31H2,1-3H3. The van der Waals surface area contributed by atoms with Crippen LogP contribution in [0.25, 0.3) is 0 Å². The lowest BCUT2D eigenvalue weighted by molar-refractivity contribution is -0.169. The van der Waals surface area contributed by atoms with E-state index in [1.54, 1.807) is 23.1 Å². The van der Waals surface area contributed by atoms with E-state index in [0.717, 1.165) is 5.56 Å². The highest BCUT2D eigenvalue weighted by molar-refractivity contribution is 7.89. The SMILES string of the molecule is COc1ccc(Cl)cc1S(=O)(=O)N1C(CCCCN)CC(=O)N2C(Cc3ccc(Cl)cc3)C(=O)N(C(C)C)CC21. The predicted octanol–water partition coefficient (Wildman–Crippen LogP) is 3.91. The van der Waals surface area contributed by atoms with Crippen LogP contribution in [0.4, 0.5) is 0 Å². The van der Waals surface area contributed by atoms with Crippen LogP contribution in [0.15, 0.2) is 47.4 Å². The summed E-state index contributed by atoms with van der Waals surface area (Å²) in [6.45, 7) is 4.28. The number of amides is 2. The van der Waals surface area contributed by atoms with Crippen LogP contribution in [-0.4, -0.2) is 78.8 Å². The highest BCUT2D eigenvalue weighted by Crippen LogP contribution is 2.39. The molecule has 2 amide bonds. The van der Waals surface area contributed by atoms with Gasteiger partial charge in [0.15, 0.2) is 0 Å². The molecule has 0 bridgehead atoms. The Bertz CT molecular complexity index is 1340. The molecular formula is C28H36Cl2N4O5S. The molecule has 2 aliphatic rings. The highest BCUT2D eigenvalue weighted by Gasteiger charge is 2.54. The Morgan fingerprint density at radius 1 is 1.05 bits per heavy atom. The minimum absolute atomic E-state index is 0.0464. The Morgan fingerprint density at radius 2 is 1.73 bits per heavy atom. The van der Waals surface area contributed by atoms with Crippen LogP contribution >= 0.6 is 23.2 Å². The van der Waals surface area contributed by atoms with E-state index in [1.807, 2.05) is 26.0 Å². The fourth-order valence-corrected chi connectivity index (χ4v) is 7.96. The molecule has 2 fully saturated rings. The first kappa shape index (κ1) is 30.6. The lowest BCUT2D eigenvalue weighted by Crippen LogP contribution is -2.74. The van der Waals surface area contributed by atoms with Gasteiger partial charge in [0.05, 0.1) is 13.7 Å². The number of benzene rings is 2. The summed E-state index contributed by atoms with van der Waals surface area (Å²) < 4.78 is 35.8. The molecule has 4 rings (SSSR count). The van der Waals surface area contributed by atoms with Crippen LogP contribution in [0.2, 0.25) is 10.0 Å². The van der Waals surface area contributed by atoms with E-state index in [-0.39, 0.29) is 52.9 Å². The smallest absolute Gasteiger partial charge is 0.248 e. The van der Waals surface area contributed by atoms with Gasteiger partial charge in [0.25, 0.3) is 0 Å². The van der Waals surface area contributed by atoms with Gasteiger partial charge in [-0.15, -0.1) is 0 Å². The molecule has 2 aliphatic heterocycles. The Morgan fingerprint density at radius 3 is 2.35 bits per heavy atom. The lowest BCUT2D eigenvalue weighted by Gasteiger charge is -2.54. The average Bonchev–Trinajstić information content (AvgIpc) is 2.91. The van der Waals surface area contributed by atoms with Crippen LogP contribution in [-0.2, 0) is 26.0 Å². The Hall–Kier alpha value is -2.37. The number of carbonyl (C=O) groups excluding carboxylic acids is 2. The third-order valence-corrected chi connectivity index (χ3v) is 10.0. The summed E-state index contributed by atoms with van der Waals surface area (Å²) in [6, 6.07) is 9.83. The van der Waals surface area contributed by atoms with Crippen molar-refractivity contribution in [3.05, 3.63) is 58.1 Å². The maximum atomic E-state index is 14.5. The number of piperazine rings is 1. The van der Waals surface area contributed by atoms with Crippen molar-refractivity contribution in [2.24, 2.45) is 5.73 Å². The van der Waals surface area contributed by atoms with Crippen LogP contribution in [0.3, 0.4) is 0 Å². The number of hydrogen-bond donors (Lipinski definition) is 1. The lowest BCUT2D eigenvalue weighted by atomic mass is 9.94. The highest BCUT2D eigenvalue weighted by atomic mass is 35.5. The van der Waals surface area contributed by atoms with Gasteiger partial charge in [-0.05, 0) is 69.1 Å². The number of nitrogens with zero attached hydrogens (tertiary/aromatic N) is 3. The number of sulfonamides is 1. The molecule has 2 aromatic carbocycles. The van der Waals surface area contributed by atoms with Crippen molar-refractivity contribution in [2.75, 3.05) is 20.2 Å². The summed E-state index contributed by atoms with van der Waals surface area (Å²) in [7, 11) is -2.83. The van der Waals surface area contributed by atoms with E-state index in [9.17, 15) is 18.0 Å². The average molecular weight is 612 g/mol. The van der Waals surface area contributed by atoms with Gasteiger partial charge in [0.2, 0.25) is 21.8 Å². The minimum Gasteiger partial charge on any atom is -0.495 e. The molecule has 40 heavy (non-hydrogen) atoms. The van der Waals surface area contributed by atoms with Crippen molar-refractivity contribution in [2.45, 2.75) is 75.1 Å². The summed E-state index contributed by atoms with van der Waals surface area (Å²) in [5, 5.41) is 0.801. The number of rotatable bonds is 10. The molecule has 3 unspecified atom stereocenters. The number of unbranched alkanes of at least 4 members (excludes halogenated alkanes) is 1. The number of ether oxygens (including phenoxy) is 1. The molecule has 2 heterocycles. The number of fused-ring (bicyclic) bond motifs is 1. The van der Waals surface area contributed by atoms with E-state index in [2.05, 4.69) is 0 Å². The summed E-state index contributed by atoms with van der Waals surface area (Å²) in [6.07, 6.45) is 1.08. The van der Waals surface area contributed by atoms with Crippen LogP contribution in [0, 0.1) is 0 Å². The molecule has 0 radical (unpaired) electrons. The molecule has 9 nitrogen and oxygen atoms in total. The Balaban J connectivity index is 1.84. The van der Waals surface area contributed by atoms with Gasteiger partial charge in [-0.2, -0.15) is 4.31 Å². The molecule has 0 spiro atoms. The van der Waals surface area contributed by atoms with E-state index in [0.29, 0.717) is 30.8 Å². The van der Waals surface area contributed by atoms with Crippen molar-refractivity contribution in [1.29, 1.82) is 0 Å². The van der Waals surface area contributed by atoms with Crippen molar-refractivity contribution >= 4 is 45.0 Å². The molecule has 0 saturated carbocycles. The second-order valence-corrected chi connectivity index (χ2v) is 13.2. The number of hydrogen-bond acceptors (Lipinski definition) is 6. The van der Waals surface area contributed by atoms with Crippen molar-refractivity contribution in [3.8, 4) is 5.75 Å². The number of methoxy groups -OCH3 is 1. The van der Waals surface area contributed by atoms with Crippen molar-refractivity contribution < 1.29 is 22.7 Å². The molecule has 12 heteroatoms. The molecule has 3 atom stereocenters. The van der Waals surface area contributed by atoms with E-state index in [4.69, 9.17) is 33.7 Å². The van der Waals surface area contributed by atoms with Crippen molar-refractivity contribution in [3.63, 3.8) is 0 Å². The molecule has 2 saturated heterocycles. The molecule has 2 aromatic rings. The predicted molar refractivity (Wildman–Crippen MR) is 155 cm³/mol. The maximum Gasteiger partial charge on any atom is 0.248 e. The topological polar surface area (TPSA) is 113 Å². The third-order valence-electron chi connectivity index (χ3n) is 7.58. The zero-order valence-corrected chi connectivity index (χ0v) is 25.3. The zero-order valence-electron chi connectivity index (χ0n) is 22.9. The van der Waals surface area contributed by atoms with Gasteiger partial charge in [-0.3, -0.25) is 9.59 Å². The fraction of sp³-hybridized carbons (Fsp3) is 0.500. The summed E-state index contributed by atoms with van der Waals surface area (Å²) in [4.78, 5) is 30.6. The summed E-state index contributed by atoms with van der Waals surface area (Å²) in [5.41, 5.74) is 6.54. The molecule has 0 aromatic heterocycles. The molecule has 0 aliphatic carbocycles. The van der Waals surface area contributed by atoms with Gasteiger partial charge in [-0.25, -0.2) is 8.42 Å². The molecule has 218 valence electrons. The Kier molecular flexibility index (Phi) is 9.67. The van der Waals surface area contributed by atoms with Gasteiger partial charge < -0.3 is 20.3 Å². The first-order valence-corrected chi connectivity index (χ1v) is 15.6. The monoisotopic (exact) mass is 610 g/mol. The summed E-state index contributed by atoms with van der Waals surface area (Å²) in [5.74, 6) is -0.310. The first-order valence-electron chi connectivity index (χ1n) is 13.4. The maximum absolute atomic E-state index is 14.5. The quantitative estimate of drug-likeness (QED) is 0.408. The number of halogens is 2. The van der Waals surface area contributed by atoms with Crippen LogP contribution in [0.5, 0.6) is 5.75 Å². The van der Waals surface area contributed by atoms with Crippen LogP contribution in [0.1, 0.15) is 45.1 Å². The largest absolute Gasteiger partial charge is 0.495 e. The molecule has 2 N–H and O–H groups in total. The third kappa shape index (κ3) is 6.11. The van der Waals surface area contributed by atoms with Gasteiger partial charge in [0.1, 0.15) is 22.9 Å². The first-order chi connectivity index (χ1) is 19.0. The number of carbonyl (C=O) groups is 2. The van der Waals surface area contributed by atoms with Gasteiger partial charge in [-0.1, -0.05) is 41.8 Å². The van der Waals surface area contributed by atoms with Gasteiger partial charge in [0, 0.05) is 35.0 Å². The normalized spacial score (nSPS) is 22.1. The van der Waals surface area contributed by atoms with E-state index in [1.165, 1.54) is 28.4 Å². The number of nitrogens with two attached hydrogens (primary N) is 1. The minimum atomic E-state index is -4.23. The van der Waals surface area contributed by atoms with E-state index >= 15 is 0 Å². The Labute approximate surface area is 246 Å². The van der Waals surface area contributed by atoms with Crippen molar-refractivity contribution in [1.82, 2.24) is 14.1 Å². The summed E-state index contributed by atoms with van der Waals surface area (Å²) >= 11 is 12.3. The fourth-order valence-electron chi connectivity index (χ4n) is 5.63. The van der Waals surface area contributed by atoms with Crippen LogP contribution < -0.4 is 10.5 Å². The second-order valence-electron chi connectivity index (χ2n) is 10.5. The van der Waals surface area contributed by atoms with E-state index < -0.39 is 28.3 Å². The second kappa shape index (κ2) is 12.7. The van der Waals surface area contributed by atoms with Gasteiger partial charge >= 0.3 is 0 Å². The molecular weight excluding hydrogens is 575 g/mol.